The highest BCUT2D eigenvalue weighted by molar-refractivity contribution is 7.99. The summed E-state index contributed by atoms with van der Waals surface area (Å²) in [5, 5.41) is 12.3. The Morgan fingerprint density at radius 2 is 2.17 bits per heavy atom. The van der Waals surface area contributed by atoms with Gasteiger partial charge in [0.05, 0.1) is 21.0 Å². The molecule has 0 unspecified atom stereocenters. The van der Waals surface area contributed by atoms with E-state index in [1.165, 1.54) is 16.5 Å². The lowest BCUT2D eigenvalue weighted by Gasteiger charge is -2.00. The lowest BCUT2D eigenvalue weighted by molar-refractivity contribution is -0.118. The summed E-state index contributed by atoms with van der Waals surface area (Å²) in [7, 11) is 0. The van der Waals surface area contributed by atoms with Crippen LogP contribution in [0.2, 0.25) is 0 Å². The first-order valence-electron chi connectivity index (χ1n) is 7.81. The van der Waals surface area contributed by atoms with Crippen LogP contribution in [0.15, 0.2) is 33.9 Å². The highest BCUT2D eigenvalue weighted by Gasteiger charge is 2.11. The Morgan fingerprint density at radius 3 is 3.00 bits per heavy atom. The molecule has 0 aliphatic carbocycles. The molecular weight excluding hydrogens is 344 g/mol. The van der Waals surface area contributed by atoms with Crippen LogP contribution in [0.1, 0.15) is 24.2 Å². The minimum absolute atomic E-state index is 0.0175. The van der Waals surface area contributed by atoms with Crippen molar-refractivity contribution in [2.45, 2.75) is 31.4 Å². The van der Waals surface area contributed by atoms with E-state index in [0.29, 0.717) is 29.8 Å². The molecule has 0 atom stereocenters. The predicted octanol–water partition coefficient (Wildman–Crippen LogP) is 3.08. The van der Waals surface area contributed by atoms with E-state index in [9.17, 15) is 4.79 Å². The van der Waals surface area contributed by atoms with Gasteiger partial charge in [-0.15, -0.1) is 21.5 Å². The molecule has 0 radical (unpaired) electrons. The second-order valence-corrected chi connectivity index (χ2v) is 7.22. The maximum absolute atomic E-state index is 11.5. The van der Waals surface area contributed by atoms with Gasteiger partial charge < -0.3 is 9.73 Å². The van der Waals surface area contributed by atoms with Gasteiger partial charge >= 0.3 is 0 Å². The zero-order chi connectivity index (χ0) is 16.8. The van der Waals surface area contributed by atoms with Gasteiger partial charge in [0.1, 0.15) is 0 Å². The van der Waals surface area contributed by atoms with Crippen LogP contribution in [0.25, 0.3) is 10.2 Å². The van der Waals surface area contributed by atoms with E-state index in [-0.39, 0.29) is 5.91 Å². The molecule has 0 spiro atoms. The van der Waals surface area contributed by atoms with Crippen molar-refractivity contribution >= 4 is 39.2 Å². The largest absolute Gasteiger partial charge is 0.416 e. The predicted molar refractivity (Wildman–Crippen MR) is 95.4 cm³/mol. The summed E-state index contributed by atoms with van der Waals surface area (Å²) < 4.78 is 6.76. The molecule has 0 saturated carbocycles. The highest BCUT2D eigenvalue weighted by Crippen LogP contribution is 2.23. The monoisotopic (exact) mass is 362 g/mol. The van der Waals surface area contributed by atoms with Crippen LogP contribution in [0.3, 0.4) is 0 Å². The normalized spacial score (nSPS) is 11.0. The summed E-state index contributed by atoms with van der Waals surface area (Å²) in [5.41, 5.74) is 1.03. The van der Waals surface area contributed by atoms with Crippen LogP contribution in [0.4, 0.5) is 0 Å². The maximum atomic E-state index is 11.5. The van der Waals surface area contributed by atoms with Crippen LogP contribution in [0.5, 0.6) is 0 Å². The topological polar surface area (TPSA) is 80.9 Å². The Balaban J connectivity index is 1.49. The smallest absolute Gasteiger partial charge is 0.277 e. The number of hydrogen-bond acceptors (Lipinski definition) is 7. The molecule has 24 heavy (non-hydrogen) atoms. The van der Waals surface area contributed by atoms with Gasteiger partial charge in [-0.3, -0.25) is 4.79 Å². The molecular formula is C16H18N4O2S2. The zero-order valence-corrected chi connectivity index (χ0v) is 15.0. The fraction of sp³-hybridized carbons (Fsp3) is 0.375. The molecule has 0 saturated heterocycles. The molecule has 8 heteroatoms. The number of nitrogens with one attached hydrogen (secondary N) is 1. The Hall–Kier alpha value is -1.93. The fourth-order valence-electron chi connectivity index (χ4n) is 2.08. The molecule has 2 aromatic heterocycles. The first kappa shape index (κ1) is 16.9. The number of thiazole rings is 1. The molecule has 3 rings (SSSR count). The average Bonchev–Trinajstić information content (AvgIpc) is 3.22. The van der Waals surface area contributed by atoms with Crippen LogP contribution >= 0.6 is 23.1 Å². The van der Waals surface area contributed by atoms with E-state index in [2.05, 4.69) is 26.6 Å². The Morgan fingerprint density at radius 1 is 1.29 bits per heavy atom. The second kappa shape index (κ2) is 8.25. The van der Waals surface area contributed by atoms with E-state index in [1.54, 1.807) is 11.3 Å². The van der Waals surface area contributed by atoms with Gasteiger partial charge in [0, 0.05) is 19.4 Å². The Kier molecular flexibility index (Phi) is 5.81. The van der Waals surface area contributed by atoms with Crippen molar-refractivity contribution in [1.29, 1.82) is 0 Å². The van der Waals surface area contributed by atoms with E-state index in [4.69, 9.17) is 4.42 Å². The van der Waals surface area contributed by atoms with Crippen LogP contribution in [0, 0.1) is 0 Å². The van der Waals surface area contributed by atoms with Crippen LogP contribution < -0.4 is 5.32 Å². The molecule has 0 aliphatic heterocycles. The number of aromatic nitrogens is 3. The molecule has 0 aliphatic rings. The number of para-hydroxylation sites is 1. The number of carbonyl (C=O) groups excluding carboxylic acids is 1. The van der Waals surface area contributed by atoms with Crippen molar-refractivity contribution < 1.29 is 9.21 Å². The number of thioether (sulfide) groups is 1. The van der Waals surface area contributed by atoms with Crippen molar-refractivity contribution in [2.24, 2.45) is 0 Å². The average molecular weight is 362 g/mol. The van der Waals surface area contributed by atoms with Gasteiger partial charge in [-0.25, -0.2) is 4.98 Å². The first-order chi connectivity index (χ1) is 11.7. The van der Waals surface area contributed by atoms with Crippen LogP contribution in [-0.2, 0) is 17.6 Å². The highest BCUT2D eigenvalue weighted by atomic mass is 32.2. The van der Waals surface area contributed by atoms with Crippen molar-refractivity contribution in [3.05, 3.63) is 35.2 Å². The molecule has 1 aromatic carbocycles. The summed E-state index contributed by atoms with van der Waals surface area (Å²) >= 11 is 2.95. The lowest BCUT2D eigenvalue weighted by Crippen LogP contribution is -2.25. The number of amides is 1. The summed E-state index contributed by atoms with van der Waals surface area (Å²) in [6.07, 6.45) is 2.34. The summed E-state index contributed by atoms with van der Waals surface area (Å²) in [6.45, 7) is 2.71. The number of carbonyl (C=O) groups is 1. The summed E-state index contributed by atoms with van der Waals surface area (Å²) in [4.78, 5) is 16.1. The van der Waals surface area contributed by atoms with Crippen LogP contribution in [-0.4, -0.2) is 33.4 Å². The second-order valence-electron chi connectivity index (χ2n) is 5.18. The number of rotatable bonds is 8. The quantitative estimate of drug-likeness (QED) is 0.620. The molecule has 0 bridgehead atoms. The van der Waals surface area contributed by atoms with Gasteiger partial charge in [0.25, 0.3) is 5.22 Å². The number of fused-ring (bicyclic) bond motifs is 1. The van der Waals surface area contributed by atoms with Crippen molar-refractivity contribution in [3.8, 4) is 0 Å². The Labute approximate surface area is 148 Å². The standard InChI is InChI=1S/C16H18N4O2S2/c1-2-9-17-13(21)10-23-16-20-19-14(22-16)7-8-15-18-11-5-3-4-6-12(11)24-15/h3-6H,2,7-10H2,1H3,(H,17,21). The van der Waals surface area contributed by atoms with Gasteiger partial charge in [-0.1, -0.05) is 30.8 Å². The molecule has 126 valence electrons. The summed E-state index contributed by atoms with van der Waals surface area (Å²) in [5.74, 6) is 0.848. The fourth-order valence-corrected chi connectivity index (χ4v) is 3.66. The van der Waals surface area contributed by atoms with E-state index >= 15 is 0 Å². The minimum atomic E-state index is -0.0175. The third-order valence-electron chi connectivity index (χ3n) is 3.24. The van der Waals surface area contributed by atoms with Crippen molar-refractivity contribution in [3.63, 3.8) is 0 Å². The third-order valence-corrected chi connectivity index (χ3v) is 5.15. The SMILES string of the molecule is CCCNC(=O)CSc1nnc(CCc2nc3ccccc3s2)o1. The minimum Gasteiger partial charge on any atom is -0.416 e. The zero-order valence-electron chi connectivity index (χ0n) is 13.3. The van der Waals surface area contributed by atoms with E-state index in [0.717, 1.165) is 23.4 Å². The molecule has 1 N–H and O–H groups in total. The number of nitrogens with zero attached hydrogens (tertiary/aromatic N) is 3. The molecule has 6 nitrogen and oxygen atoms in total. The first-order valence-corrected chi connectivity index (χ1v) is 9.61. The molecule has 2 heterocycles. The van der Waals surface area contributed by atoms with E-state index in [1.807, 2.05) is 25.1 Å². The van der Waals surface area contributed by atoms with Gasteiger partial charge in [-0.05, 0) is 18.6 Å². The maximum Gasteiger partial charge on any atom is 0.277 e. The molecule has 3 aromatic rings. The number of benzene rings is 1. The van der Waals surface area contributed by atoms with Gasteiger partial charge in [0.2, 0.25) is 11.8 Å². The molecule has 1 amide bonds. The number of hydrogen-bond donors (Lipinski definition) is 1. The summed E-state index contributed by atoms with van der Waals surface area (Å²) in [6, 6.07) is 8.09. The van der Waals surface area contributed by atoms with Crippen molar-refractivity contribution in [1.82, 2.24) is 20.5 Å². The van der Waals surface area contributed by atoms with Crippen molar-refractivity contribution in [2.75, 3.05) is 12.3 Å². The van der Waals surface area contributed by atoms with Gasteiger partial charge in [-0.2, -0.15) is 0 Å². The Bertz CT molecular complexity index is 782. The molecule has 0 fully saturated rings. The van der Waals surface area contributed by atoms with E-state index < -0.39 is 0 Å². The lowest BCUT2D eigenvalue weighted by atomic mass is 10.3. The number of aryl methyl sites for hydroxylation is 2. The van der Waals surface area contributed by atoms with Gasteiger partial charge in [0.15, 0.2) is 0 Å². The third kappa shape index (κ3) is 4.55.